The molecule has 0 bridgehead atoms. The molecule has 0 radical (unpaired) electrons. The Labute approximate surface area is 167 Å². The molecule has 146 valence electrons. The normalized spacial score (nSPS) is 10.3. The van der Waals surface area contributed by atoms with Crippen molar-refractivity contribution in [3.63, 3.8) is 0 Å². The fourth-order valence-electron chi connectivity index (χ4n) is 2.70. The van der Waals surface area contributed by atoms with E-state index in [1.165, 1.54) is 0 Å². The molecule has 4 nitrogen and oxygen atoms in total. The lowest BCUT2D eigenvalue weighted by Crippen LogP contribution is -2.09. The summed E-state index contributed by atoms with van der Waals surface area (Å²) in [4.78, 5) is 0. The average Bonchev–Trinajstić information content (AvgIpc) is 2.75. The third-order valence-corrected chi connectivity index (χ3v) is 4.07. The summed E-state index contributed by atoms with van der Waals surface area (Å²) in [5.74, 6) is 2.59. The molecule has 0 unspecified atom stereocenters. The SMILES string of the molecule is CCCOc1cccc(NCc2cccc(OCCOc3ccccc3)c2)c1. The van der Waals surface area contributed by atoms with E-state index in [9.17, 15) is 0 Å². The molecule has 0 aliphatic carbocycles. The van der Waals surface area contributed by atoms with Crippen molar-refractivity contribution in [3.05, 3.63) is 84.4 Å². The zero-order valence-corrected chi connectivity index (χ0v) is 16.3. The maximum Gasteiger partial charge on any atom is 0.122 e. The van der Waals surface area contributed by atoms with Crippen LogP contribution in [-0.4, -0.2) is 19.8 Å². The van der Waals surface area contributed by atoms with Gasteiger partial charge in [-0.3, -0.25) is 0 Å². The Kier molecular flexibility index (Phi) is 7.62. The van der Waals surface area contributed by atoms with E-state index in [0.29, 0.717) is 13.2 Å². The van der Waals surface area contributed by atoms with Gasteiger partial charge in [0.2, 0.25) is 0 Å². The Morgan fingerprint density at radius 2 is 1.29 bits per heavy atom. The number of nitrogens with one attached hydrogen (secondary N) is 1. The summed E-state index contributed by atoms with van der Waals surface area (Å²) in [5.41, 5.74) is 2.19. The Morgan fingerprint density at radius 1 is 0.643 bits per heavy atom. The van der Waals surface area contributed by atoms with Crippen LogP contribution in [0.5, 0.6) is 17.2 Å². The van der Waals surface area contributed by atoms with Gasteiger partial charge in [-0.05, 0) is 48.4 Å². The number of benzene rings is 3. The molecule has 1 N–H and O–H groups in total. The van der Waals surface area contributed by atoms with Crippen LogP contribution in [-0.2, 0) is 6.54 Å². The molecular weight excluding hydrogens is 350 g/mol. The third-order valence-electron chi connectivity index (χ3n) is 4.07. The van der Waals surface area contributed by atoms with Gasteiger partial charge >= 0.3 is 0 Å². The van der Waals surface area contributed by atoms with Gasteiger partial charge in [0, 0.05) is 18.3 Å². The van der Waals surface area contributed by atoms with Crippen LogP contribution in [0.15, 0.2) is 78.9 Å². The highest BCUT2D eigenvalue weighted by Gasteiger charge is 2.00. The topological polar surface area (TPSA) is 39.7 Å². The second-order valence-corrected chi connectivity index (χ2v) is 6.39. The average molecular weight is 377 g/mol. The zero-order valence-electron chi connectivity index (χ0n) is 16.3. The Balaban J connectivity index is 1.45. The summed E-state index contributed by atoms with van der Waals surface area (Å²) in [6.07, 6.45) is 1.00. The Morgan fingerprint density at radius 3 is 2.07 bits per heavy atom. The lowest BCUT2D eigenvalue weighted by molar-refractivity contribution is 0.217. The van der Waals surface area contributed by atoms with Crippen molar-refractivity contribution in [2.45, 2.75) is 19.9 Å². The molecule has 0 amide bonds. The molecule has 28 heavy (non-hydrogen) atoms. The summed E-state index contributed by atoms with van der Waals surface area (Å²) in [6, 6.07) is 25.9. The van der Waals surface area contributed by atoms with Crippen molar-refractivity contribution < 1.29 is 14.2 Å². The summed E-state index contributed by atoms with van der Waals surface area (Å²) in [7, 11) is 0. The molecule has 0 aliphatic rings. The molecule has 0 fully saturated rings. The first-order valence-corrected chi connectivity index (χ1v) is 9.70. The standard InChI is InChI=1S/C24H27NO3/c1-2-14-26-24-13-7-9-21(18-24)25-19-20-8-6-12-23(17-20)28-16-15-27-22-10-4-3-5-11-22/h3-13,17-18,25H,2,14-16,19H2,1H3. The quantitative estimate of drug-likeness (QED) is 0.445. The molecule has 3 rings (SSSR count). The maximum absolute atomic E-state index is 5.81. The van der Waals surface area contributed by atoms with E-state index in [1.54, 1.807) is 0 Å². The largest absolute Gasteiger partial charge is 0.494 e. The zero-order chi connectivity index (χ0) is 19.4. The summed E-state index contributed by atoms with van der Waals surface area (Å²) in [6.45, 7) is 4.57. The molecule has 3 aromatic carbocycles. The molecule has 4 heteroatoms. The van der Waals surface area contributed by atoms with E-state index in [4.69, 9.17) is 14.2 Å². The molecule has 0 atom stereocenters. The highest BCUT2D eigenvalue weighted by atomic mass is 16.5. The smallest absolute Gasteiger partial charge is 0.122 e. The van der Waals surface area contributed by atoms with Crippen molar-refractivity contribution in [1.29, 1.82) is 0 Å². The third kappa shape index (κ3) is 6.54. The second-order valence-electron chi connectivity index (χ2n) is 6.39. The lowest BCUT2D eigenvalue weighted by Gasteiger charge is -2.11. The van der Waals surface area contributed by atoms with Crippen molar-refractivity contribution in [1.82, 2.24) is 0 Å². The van der Waals surface area contributed by atoms with Gasteiger partial charge in [0.15, 0.2) is 0 Å². The van der Waals surface area contributed by atoms with Crippen LogP contribution in [0.25, 0.3) is 0 Å². The van der Waals surface area contributed by atoms with Crippen LogP contribution >= 0.6 is 0 Å². The number of rotatable bonds is 11. The predicted molar refractivity (Wildman–Crippen MR) is 113 cm³/mol. The number of hydrogen-bond donors (Lipinski definition) is 1. The van der Waals surface area contributed by atoms with Crippen LogP contribution in [0.1, 0.15) is 18.9 Å². The van der Waals surface area contributed by atoms with E-state index in [0.717, 1.165) is 48.1 Å². The fraction of sp³-hybridized carbons (Fsp3) is 0.250. The van der Waals surface area contributed by atoms with E-state index >= 15 is 0 Å². The van der Waals surface area contributed by atoms with Crippen LogP contribution in [0.4, 0.5) is 5.69 Å². The minimum Gasteiger partial charge on any atom is -0.494 e. The number of hydrogen-bond acceptors (Lipinski definition) is 4. The van der Waals surface area contributed by atoms with Gasteiger partial charge < -0.3 is 19.5 Å². The first-order valence-electron chi connectivity index (χ1n) is 9.70. The highest BCUT2D eigenvalue weighted by molar-refractivity contribution is 5.48. The van der Waals surface area contributed by atoms with Crippen LogP contribution in [0, 0.1) is 0 Å². The van der Waals surface area contributed by atoms with Crippen LogP contribution in [0.3, 0.4) is 0 Å². The molecule has 0 saturated carbocycles. The molecule has 0 spiro atoms. The lowest BCUT2D eigenvalue weighted by atomic mass is 10.2. The van der Waals surface area contributed by atoms with Crippen molar-refractivity contribution in [2.24, 2.45) is 0 Å². The molecule has 3 aromatic rings. The second kappa shape index (κ2) is 10.9. The van der Waals surface area contributed by atoms with Crippen LogP contribution in [0.2, 0.25) is 0 Å². The minimum absolute atomic E-state index is 0.503. The first kappa shape index (κ1) is 19.6. The maximum atomic E-state index is 5.81. The van der Waals surface area contributed by atoms with Gasteiger partial charge in [0.1, 0.15) is 30.5 Å². The molecule has 0 aliphatic heterocycles. The molecule has 0 saturated heterocycles. The van der Waals surface area contributed by atoms with Crippen molar-refractivity contribution >= 4 is 5.69 Å². The highest BCUT2D eigenvalue weighted by Crippen LogP contribution is 2.19. The molecule has 0 heterocycles. The predicted octanol–water partition coefficient (Wildman–Crippen LogP) is 5.55. The van der Waals surface area contributed by atoms with E-state index in [2.05, 4.69) is 18.3 Å². The van der Waals surface area contributed by atoms with Gasteiger partial charge in [-0.15, -0.1) is 0 Å². The van der Waals surface area contributed by atoms with Gasteiger partial charge in [0.05, 0.1) is 6.61 Å². The van der Waals surface area contributed by atoms with Crippen molar-refractivity contribution in [2.75, 3.05) is 25.1 Å². The first-order chi connectivity index (χ1) is 13.8. The van der Waals surface area contributed by atoms with Gasteiger partial charge in [0.25, 0.3) is 0 Å². The van der Waals surface area contributed by atoms with E-state index in [1.807, 2.05) is 72.8 Å². The monoisotopic (exact) mass is 377 g/mol. The van der Waals surface area contributed by atoms with Gasteiger partial charge in [-0.2, -0.15) is 0 Å². The summed E-state index contributed by atoms with van der Waals surface area (Å²) < 4.78 is 17.1. The number of anilines is 1. The summed E-state index contributed by atoms with van der Waals surface area (Å²) in [5, 5.41) is 3.43. The van der Waals surface area contributed by atoms with Crippen LogP contribution < -0.4 is 19.5 Å². The number of ether oxygens (including phenoxy) is 3. The van der Waals surface area contributed by atoms with Gasteiger partial charge in [-0.25, -0.2) is 0 Å². The van der Waals surface area contributed by atoms with Gasteiger partial charge in [-0.1, -0.05) is 43.3 Å². The van der Waals surface area contributed by atoms with E-state index in [-0.39, 0.29) is 0 Å². The molecule has 0 aromatic heterocycles. The Hall–Kier alpha value is -3.14. The fourth-order valence-corrected chi connectivity index (χ4v) is 2.70. The Bertz CT molecular complexity index is 836. The summed E-state index contributed by atoms with van der Waals surface area (Å²) >= 11 is 0. The van der Waals surface area contributed by atoms with E-state index < -0.39 is 0 Å². The van der Waals surface area contributed by atoms with Crippen molar-refractivity contribution in [3.8, 4) is 17.2 Å². The number of para-hydroxylation sites is 1. The minimum atomic E-state index is 0.503. The molecular formula is C24H27NO3.